The van der Waals surface area contributed by atoms with E-state index in [-0.39, 0.29) is 5.91 Å². The molecule has 0 fully saturated rings. The number of carbonyl (C=O) groups is 2. The fourth-order valence-corrected chi connectivity index (χ4v) is 2.22. The molecule has 1 atom stereocenters. The van der Waals surface area contributed by atoms with Crippen molar-refractivity contribution in [2.75, 3.05) is 13.4 Å². The van der Waals surface area contributed by atoms with Crippen LogP contribution in [0.2, 0.25) is 0 Å². The first-order chi connectivity index (χ1) is 9.47. The Morgan fingerprint density at radius 3 is 2.30 bits per heavy atom. The summed E-state index contributed by atoms with van der Waals surface area (Å²) in [6, 6.07) is 6.67. The third-order valence-electron chi connectivity index (χ3n) is 2.85. The van der Waals surface area contributed by atoms with E-state index in [9.17, 15) is 9.59 Å². The normalized spacial score (nSPS) is 12.1. The maximum Gasteiger partial charge on any atom is 0.328 e. The van der Waals surface area contributed by atoms with Crippen LogP contribution in [-0.2, 0) is 9.53 Å². The molecule has 0 radical (unpaired) electrons. The molecule has 4 nitrogen and oxygen atoms in total. The van der Waals surface area contributed by atoms with Gasteiger partial charge in [0.1, 0.15) is 6.04 Å². The molecule has 1 N–H and O–H groups in total. The van der Waals surface area contributed by atoms with Crippen LogP contribution in [0.3, 0.4) is 0 Å². The minimum atomic E-state index is -0.604. The second kappa shape index (κ2) is 7.94. The molecule has 0 aliphatic carbocycles. The van der Waals surface area contributed by atoms with Gasteiger partial charge in [-0.3, -0.25) is 4.79 Å². The average Bonchev–Trinajstić information content (AvgIpc) is 2.45. The van der Waals surface area contributed by atoms with E-state index >= 15 is 0 Å². The lowest BCUT2D eigenvalue weighted by molar-refractivity contribution is -0.143. The number of ether oxygens (including phenoxy) is 1. The summed E-state index contributed by atoms with van der Waals surface area (Å²) in [4.78, 5) is 24.9. The van der Waals surface area contributed by atoms with Crippen molar-refractivity contribution in [2.45, 2.75) is 31.2 Å². The highest BCUT2D eigenvalue weighted by Crippen LogP contribution is 2.15. The van der Waals surface area contributed by atoms with Gasteiger partial charge in [-0.1, -0.05) is 13.8 Å². The first-order valence-electron chi connectivity index (χ1n) is 6.50. The van der Waals surface area contributed by atoms with Gasteiger partial charge < -0.3 is 10.1 Å². The standard InChI is InChI=1S/C15H21NO3S/c1-10(2)9-13(15(18)19-3)16-14(17)11-5-7-12(20-4)8-6-11/h5-8,10,13H,9H2,1-4H3,(H,16,17)/t13-/m1/s1. The predicted molar refractivity (Wildman–Crippen MR) is 80.9 cm³/mol. The number of methoxy groups -OCH3 is 1. The fraction of sp³-hybridized carbons (Fsp3) is 0.467. The number of thioether (sulfide) groups is 1. The number of rotatable bonds is 6. The maximum atomic E-state index is 12.1. The van der Waals surface area contributed by atoms with Gasteiger partial charge in [-0.05, 0) is 42.9 Å². The predicted octanol–water partition coefficient (Wildman–Crippen LogP) is 2.73. The van der Waals surface area contributed by atoms with E-state index in [0.717, 1.165) is 4.90 Å². The molecule has 0 saturated heterocycles. The van der Waals surface area contributed by atoms with E-state index < -0.39 is 12.0 Å². The Morgan fingerprint density at radius 1 is 1.25 bits per heavy atom. The third kappa shape index (κ3) is 4.89. The molecule has 20 heavy (non-hydrogen) atoms. The van der Waals surface area contributed by atoms with E-state index in [0.29, 0.717) is 17.9 Å². The number of amides is 1. The molecule has 0 heterocycles. The molecule has 0 aliphatic rings. The van der Waals surface area contributed by atoms with Gasteiger partial charge in [-0.2, -0.15) is 0 Å². The molecule has 1 aromatic carbocycles. The molecule has 5 heteroatoms. The van der Waals surface area contributed by atoms with Crippen molar-refractivity contribution in [3.8, 4) is 0 Å². The zero-order valence-electron chi connectivity index (χ0n) is 12.3. The van der Waals surface area contributed by atoms with E-state index in [1.165, 1.54) is 7.11 Å². The first kappa shape index (κ1) is 16.6. The molecule has 110 valence electrons. The number of esters is 1. The molecule has 1 aromatic rings. The Morgan fingerprint density at radius 2 is 1.85 bits per heavy atom. The quantitative estimate of drug-likeness (QED) is 0.647. The molecule has 0 bridgehead atoms. The molecular weight excluding hydrogens is 274 g/mol. The minimum Gasteiger partial charge on any atom is -0.467 e. The Labute approximate surface area is 124 Å². The van der Waals surface area contributed by atoms with Gasteiger partial charge in [-0.15, -0.1) is 11.8 Å². The van der Waals surface area contributed by atoms with Crippen molar-refractivity contribution in [2.24, 2.45) is 5.92 Å². The number of hydrogen-bond acceptors (Lipinski definition) is 4. The smallest absolute Gasteiger partial charge is 0.328 e. The van der Waals surface area contributed by atoms with Crippen molar-refractivity contribution in [1.29, 1.82) is 0 Å². The molecule has 1 amide bonds. The van der Waals surface area contributed by atoms with Gasteiger partial charge in [0.2, 0.25) is 0 Å². The van der Waals surface area contributed by atoms with E-state index in [1.807, 2.05) is 32.2 Å². The van der Waals surface area contributed by atoms with Crippen LogP contribution in [0, 0.1) is 5.92 Å². The van der Waals surface area contributed by atoms with E-state index in [4.69, 9.17) is 4.74 Å². The largest absolute Gasteiger partial charge is 0.467 e. The minimum absolute atomic E-state index is 0.256. The third-order valence-corrected chi connectivity index (χ3v) is 3.59. The summed E-state index contributed by atoms with van der Waals surface area (Å²) in [6.07, 6.45) is 2.53. The lowest BCUT2D eigenvalue weighted by Gasteiger charge is -2.18. The average molecular weight is 295 g/mol. The summed E-state index contributed by atoms with van der Waals surface area (Å²) >= 11 is 1.61. The van der Waals surface area contributed by atoms with Crippen LogP contribution in [0.4, 0.5) is 0 Å². The van der Waals surface area contributed by atoms with Crippen LogP contribution in [0.5, 0.6) is 0 Å². The van der Waals surface area contributed by atoms with Crippen LogP contribution >= 0.6 is 11.8 Å². The molecule has 0 unspecified atom stereocenters. The Balaban J connectivity index is 2.76. The molecule has 0 spiro atoms. The molecule has 0 aliphatic heterocycles. The number of carbonyl (C=O) groups excluding carboxylic acids is 2. The lowest BCUT2D eigenvalue weighted by atomic mass is 10.0. The van der Waals surface area contributed by atoms with Gasteiger partial charge in [0.05, 0.1) is 7.11 Å². The highest BCUT2D eigenvalue weighted by molar-refractivity contribution is 7.98. The van der Waals surface area contributed by atoms with Gasteiger partial charge >= 0.3 is 5.97 Å². The Bertz CT molecular complexity index is 457. The fourth-order valence-electron chi connectivity index (χ4n) is 1.81. The Kier molecular flexibility index (Phi) is 6.58. The highest BCUT2D eigenvalue weighted by atomic mass is 32.2. The first-order valence-corrected chi connectivity index (χ1v) is 7.73. The van der Waals surface area contributed by atoms with Gasteiger partial charge in [0, 0.05) is 10.5 Å². The van der Waals surface area contributed by atoms with E-state index in [1.54, 1.807) is 23.9 Å². The highest BCUT2D eigenvalue weighted by Gasteiger charge is 2.23. The number of benzene rings is 1. The summed E-state index contributed by atoms with van der Waals surface area (Å²) < 4.78 is 4.73. The lowest BCUT2D eigenvalue weighted by Crippen LogP contribution is -2.42. The number of nitrogens with one attached hydrogen (secondary N) is 1. The number of hydrogen-bond donors (Lipinski definition) is 1. The van der Waals surface area contributed by atoms with Crippen LogP contribution in [0.15, 0.2) is 29.2 Å². The van der Waals surface area contributed by atoms with Crippen molar-refractivity contribution in [1.82, 2.24) is 5.32 Å². The van der Waals surface area contributed by atoms with Gasteiger partial charge in [0.15, 0.2) is 0 Å². The van der Waals surface area contributed by atoms with Gasteiger partial charge in [0.25, 0.3) is 5.91 Å². The molecule has 1 rings (SSSR count). The van der Waals surface area contributed by atoms with Crippen molar-refractivity contribution < 1.29 is 14.3 Å². The summed E-state index contributed by atoms with van der Waals surface area (Å²) in [5.41, 5.74) is 0.542. The van der Waals surface area contributed by atoms with Crippen LogP contribution < -0.4 is 5.32 Å². The second-order valence-corrected chi connectivity index (χ2v) is 5.79. The SMILES string of the molecule is COC(=O)[C@@H](CC(C)C)NC(=O)c1ccc(SC)cc1. The maximum absolute atomic E-state index is 12.1. The van der Waals surface area contributed by atoms with Crippen molar-refractivity contribution in [3.63, 3.8) is 0 Å². The van der Waals surface area contributed by atoms with Crippen LogP contribution in [0.1, 0.15) is 30.6 Å². The zero-order chi connectivity index (χ0) is 15.1. The Hall–Kier alpha value is -1.49. The summed E-state index contributed by atoms with van der Waals surface area (Å²) in [5, 5.41) is 2.73. The van der Waals surface area contributed by atoms with Crippen LogP contribution in [-0.4, -0.2) is 31.3 Å². The molecular formula is C15H21NO3S. The van der Waals surface area contributed by atoms with Gasteiger partial charge in [-0.25, -0.2) is 4.79 Å². The molecule has 0 saturated carbocycles. The summed E-state index contributed by atoms with van der Waals surface area (Å²) in [5.74, 6) is -0.375. The van der Waals surface area contributed by atoms with Crippen LogP contribution in [0.25, 0.3) is 0 Å². The van der Waals surface area contributed by atoms with E-state index in [2.05, 4.69) is 5.32 Å². The second-order valence-electron chi connectivity index (χ2n) is 4.91. The summed E-state index contributed by atoms with van der Waals surface area (Å²) in [7, 11) is 1.33. The monoisotopic (exact) mass is 295 g/mol. The molecule has 0 aromatic heterocycles. The summed E-state index contributed by atoms with van der Waals surface area (Å²) in [6.45, 7) is 3.99. The van der Waals surface area contributed by atoms with Crippen molar-refractivity contribution in [3.05, 3.63) is 29.8 Å². The topological polar surface area (TPSA) is 55.4 Å². The zero-order valence-corrected chi connectivity index (χ0v) is 13.1. The van der Waals surface area contributed by atoms with Crippen molar-refractivity contribution >= 4 is 23.6 Å².